The maximum Gasteiger partial charge on any atom is 0.251 e. The second-order valence-corrected chi connectivity index (χ2v) is 4.40. The van der Waals surface area contributed by atoms with E-state index in [9.17, 15) is 4.79 Å². The molecule has 0 saturated carbocycles. The van der Waals surface area contributed by atoms with Crippen LogP contribution < -0.4 is 10.6 Å². The van der Waals surface area contributed by atoms with Gasteiger partial charge < -0.3 is 10.6 Å². The Morgan fingerprint density at radius 1 is 1.37 bits per heavy atom. The number of aromatic nitrogens is 1. The third-order valence-electron chi connectivity index (χ3n) is 2.67. The standard InChI is InChI=1S/C14H14ClN3O/c1-16-14(19)11-4-2-3-10(7-11)8-18-13-5-6-17-9-12(13)15/h2-7,9H,8H2,1H3,(H,16,19)(H,17,18). The van der Waals surface area contributed by atoms with Crippen LogP contribution in [-0.4, -0.2) is 17.9 Å². The van der Waals surface area contributed by atoms with Crippen LogP contribution in [0, 0.1) is 0 Å². The predicted molar refractivity (Wildman–Crippen MR) is 76.4 cm³/mol. The molecule has 0 aliphatic carbocycles. The molecule has 2 aromatic rings. The fraction of sp³-hybridized carbons (Fsp3) is 0.143. The molecule has 0 radical (unpaired) electrons. The number of hydrogen-bond acceptors (Lipinski definition) is 3. The number of anilines is 1. The number of nitrogens with one attached hydrogen (secondary N) is 2. The first-order valence-corrected chi connectivity index (χ1v) is 6.23. The smallest absolute Gasteiger partial charge is 0.251 e. The van der Waals surface area contributed by atoms with Crippen LogP contribution in [0.1, 0.15) is 15.9 Å². The molecule has 0 unspecified atom stereocenters. The third kappa shape index (κ3) is 3.45. The summed E-state index contributed by atoms with van der Waals surface area (Å²) in [5.41, 5.74) is 2.47. The Morgan fingerprint density at radius 2 is 2.21 bits per heavy atom. The first-order valence-electron chi connectivity index (χ1n) is 5.85. The summed E-state index contributed by atoms with van der Waals surface area (Å²) in [6.07, 6.45) is 3.26. The fourth-order valence-electron chi connectivity index (χ4n) is 1.68. The largest absolute Gasteiger partial charge is 0.380 e. The van der Waals surface area contributed by atoms with Gasteiger partial charge in [0.25, 0.3) is 5.91 Å². The number of pyridine rings is 1. The van der Waals surface area contributed by atoms with Crippen LogP contribution in [0.25, 0.3) is 0 Å². The van der Waals surface area contributed by atoms with Gasteiger partial charge in [-0.3, -0.25) is 9.78 Å². The molecule has 2 rings (SSSR count). The number of carbonyl (C=O) groups is 1. The van der Waals surface area contributed by atoms with Crippen LogP contribution in [-0.2, 0) is 6.54 Å². The second-order valence-electron chi connectivity index (χ2n) is 3.99. The number of benzene rings is 1. The highest BCUT2D eigenvalue weighted by atomic mass is 35.5. The first-order chi connectivity index (χ1) is 9.20. The molecular weight excluding hydrogens is 262 g/mol. The van der Waals surface area contributed by atoms with Gasteiger partial charge in [0.15, 0.2) is 0 Å². The minimum Gasteiger partial charge on any atom is -0.380 e. The number of amides is 1. The van der Waals surface area contributed by atoms with Gasteiger partial charge in [0.05, 0.1) is 10.7 Å². The number of nitrogens with zero attached hydrogens (tertiary/aromatic N) is 1. The maximum atomic E-state index is 11.5. The van der Waals surface area contributed by atoms with Gasteiger partial charge in [0.2, 0.25) is 0 Å². The van der Waals surface area contributed by atoms with Crippen LogP contribution in [0.15, 0.2) is 42.7 Å². The molecule has 0 aliphatic rings. The van der Waals surface area contributed by atoms with E-state index in [4.69, 9.17) is 11.6 Å². The van der Waals surface area contributed by atoms with E-state index in [0.717, 1.165) is 11.3 Å². The molecule has 2 N–H and O–H groups in total. The number of halogens is 1. The maximum absolute atomic E-state index is 11.5. The van der Waals surface area contributed by atoms with E-state index in [0.29, 0.717) is 17.1 Å². The van der Waals surface area contributed by atoms with Gasteiger partial charge in [-0.15, -0.1) is 0 Å². The topological polar surface area (TPSA) is 54.0 Å². The Balaban J connectivity index is 2.08. The number of hydrogen-bond donors (Lipinski definition) is 2. The first kappa shape index (κ1) is 13.4. The molecule has 0 bridgehead atoms. The Labute approximate surface area is 116 Å². The second kappa shape index (κ2) is 6.20. The van der Waals surface area contributed by atoms with Crippen molar-refractivity contribution in [2.45, 2.75) is 6.54 Å². The summed E-state index contributed by atoms with van der Waals surface area (Å²) in [4.78, 5) is 15.5. The summed E-state index contributed by atoms with van der Waals surface area (Å²) in [5, 5.41) is 6.39. The fourth-order valence-corrected chi connectivity index (χ4v) is 1.87. The summed E-state index contributed by atoms with van der Waals surface area (Å²) >= 11 is 6.01. The van der Waals surface area contributed by atoms with Crippen LogP contribution >= 0.6 is 11.6 Å². The van der Waals surface area contributed by atoms with Crippen molar-refractivity contribution in [3.8, 4) is 0 Å². The van der Waals surface area contributed by atoms with Crippen molar-refractivity contribution in [3.63, 3.8) is 0 Å². The summed E-state index contributed by atoms with van der Waals surface area (Å²) in [6, 6.07) is 9.25. The highest BCUT2D eigenvalue weighted by molar-refractivity contribution is 6.33. The molecule has 0 fully saturated rings. The van der Waals surface area contributed by atoms with Gasteiger partial charge in [-0.2, -0.15) is 0 Å². The van der Waals surface area contributed by atoms with Gasteiger partial charge in [-0.05, 0) is 23.8 Å². The summed E-state index contributed by atoms with van der Waals surface area (Å²) in [5.74, 6) is -0.0937. The van der Waals surface area contributed by atoms with Crippen LogP contribution in [0.5, 0.6) is 0 Å². The van der Waals surface area contributed by atoms with Crippen LogP contribution in [0.2, 0.25) is 5.02 Å². The summed E-state index contributed by atoms with van der Waals surface area (Å²) < 4.78 is 0. The monoisotopic (exact) mass is 275 g/mol. The van der Waals surface area contributed by atoms with Gasteiger partial charge in [0.1, 0.15) is 0 Å². The summed E-state index contributed by atoms with van der Waals surface area (Å²) in [7, 11) is 1.62. The van der Waals surface area contributed by atoms with Crippen molar-refractivity contribution < 1.29 is 4.79 Å². The number of rotatable bonds is 4. The highest BCUT2D eigenvalue weighted by Gasteiger charge is 2.04. The number of carbonyl (C=O) groups excluding carboxylic acids is 1. The van der Waals surface area contributed by atoms with Gasteiger partial charge >= 0.3 is 0 Å². The molecule has 0 spiro atoms. The third-order valence-corrected chi connectivity index (χ3v) is 2.97. The van der Waals surface area contributed by atoms with Crippen LogP contribution in [0.3, 0.4) is 0 Å². The zero-order chi connectivity index (χ0) is 13.7. The summed E-state index contributed by atoms with van der Waals surface area (Å²) in [6.45, 7) is 0.592. The SMILES string of the molecule is CNC(=O)c1cccc(CNc2ccncc2Cl)c1. The molecule has 19 heavy (non-hydrogen) atoms. The van der Waals surface area contributed by atoms with Crippen molar-refractivity contribution >= 4 is 23.2 Å². The molecule has 1 amide bonds. The van der Waals surface area contributed by atoms with Crippen LogP contribution in [0.4, 0.5) is 5.69 Å². The Hall–Kier alpha value is -2.07. The molecule has 1 aromatic heterocycles. The molecule has 5 heteroatoms. The molecular formula is C14H14ClN3O. The molecule has 1 heterocycles. The lowest BCUT2D eigenvalue weighted by molar-refractivity contribution is 0.0963. The molecule has 4 nitrogen and oxygen atoms in total. The quantitative estimate of drug-likeness (QED) is 0.902. The molecule has 98 valence electrons. The molecule has 0 saturated heterocycles. The van der Waals surface area contributed by atoms with E-state index < -0.39 is 0 Å². The van der Waals surface area contributed by atoms with E-state index in [1.165, 1.54) is 0 Å². The lowest BCUT2D eigenvalue weighted by Gasteiger charge is -2.09. The minimum absolute atomic E-state index is 0.0937. The van der Waals surface area contributed by atoms with E-state index in [1.54, 1.807) is 25.5 Å². The Morgan fingerprint density at radius 3 is 2.95 bits per heavy atom. The van der Waals surface area contributed by atoms with Crippen molar-refractivity contribution in [2.75, 3.05) is 12.4 Å². The molecule has 1 aromatic carbocycles. The predicted octanol–water partition coefficient (Wildman–Crippen LogP) is 2.71. The lowest BCUT2D eigenvalue weighted by Crippen LogP contribution is -2.17. The van der Waals surface area contributed by atoms with Crippen molar-refractivity contribution in [2.24, 2.45) is 0 Å². The van der Waals surface area contributed by atoms with E-state index in [1.807, 2.05) is 24.3 Å². The van der Waals surface area contributed by atoms with Gasteiger partial charge in [-0.25, -0.2) is 0 Å². The Kier molecular flexibility index (Phi) is 4.36. The van der Waals surface area contributed by atoms with Crippen molar-refractivity contribution in [3.05, 3.63) is 58.9 Å². The normalized spacial score (nSPS) is 10.0. The minimum atomic E-state index is -0.0937. The lowest BCUT2D eigenvalue weighted by atomic mass is 10.1. The van der Waals surface area contributed by atoms with Gasteiger partial charge in [-0.1, -0.05) is 23.7 Å². The van der Waals surface area contributed by atoms with E-state index >= 15 is 0 Å². The molecule has 0 aliphatic heterocycles. The average molecular weight is 276 g/mol. The highest BCUT2D eigenvalue weighted by Crippen LogP contribution is 2.20. The Bertz CT molecular complexity index is 586. The zero-order valence-electron chi connectivity index (χ0n) is 10.5. The van der Waals surface area contributed by atoms with E-state index in [-0.39, 0.29) is 5.91 Å². The van der Waals surface area contributed by atoms with E-state index in [2.05, 4.69) is 15.6 Å². The average Bonchev–Trinajstić information content (AvgIpc) is 2.46. The van der Waals surface area contributed by atoms with Crippen molar-refractivity contribution in [1.82, 2.24) is 10.3 Å². The van der Waals surface area contributed by atoms with Gasteiger partial charge in [0, 0.05) is 31.5 Å². The van der Waals surface area contributed by atoms with Crippen molar-refractivity contribution in [1.29, 1.82) is 0 Å². The zero-order valence-corrected chi connectivity index (χ0v) is 11.2. The molecule has 0 atom stereocenters.